The summed E-state index contributed by atoms with van der Waals surface area (Å²) in [5.41, 5.74) is 16.9. The number of aliphatic imine (C=N–C) groups is 1. The van der Waals surface area contributed by atoms with Crippen molar-refractivity contribution in [3.63, 3.8) is 0 Å². The van der Waals surface area contributed by atoms with E-state index in [1.54, 1.807) is 12.1 Å². The number of aliphatic carboxylic acids is 1. The molecule has 0 radical (unpaired) electrons. The number of hydrogen-bond donors (Lipinski definition) is 8. The standard InChI is InChI=1S/C18H28N6O6/c19-12(8-10-3-5-11(26)6-4-10)15(27)24-14(9-25)16(28)23-13(17(29)30)2-1-7-22-18(20)21/h3-6,12-14,25-26H,1-2,7-9,19H2,(H,23,28)(H,24,27)(H,29,30)(H4,20,21,22)/t12-,13-,14-/m0/s1. The summed E-state index contributed by atoms with van der Waals surface area (Å²) in [4.78, 5) is 39.6. The van der Waals surface area contributed by atoms with Crippen molar-refractivity contribution in [2.24, 2.45) is 22.2 Å². The number of phenolic OH excluding ortho intramolecular Hbond substituents is 1. The fourth-order valence-corrected chi connectivity index (χ4v) is 2.48. The van der Waals surface area contributed by atoms with Gasteiger partial charge in [0.1, 0.15) is 17.8 Å². The first kappa shape index (κ1) is 24.7. The molecule has 2 amide bonds. The first-order valence-corrected chi connectivity index (χ1v) is 9.17. The minimum atomic E-state index is -1.37. The van der Waals surface area contributed by atoms with Crippen LogP contribution in [0.3, 0.4) is 0 Å². The largest absolute Gasteiger partial charge is 0.508 e. The maximum Gasteiger partial charge on any atom is 0.326 e. The highest BCUT2D eigenvalue weighted by molar-refractivity contribution is 5.91. The van der Waals surface area contributed by atoms with Crippen LogP contribution in [0.4, 0.5) is 0 Å². The summed E-state index contributed by atoms with van der Waals surface area (Å²) in [6.07, 6.45) is 0.474. The first-order valence-electron chi connectivity index (χ1n) is 9.17. The highest BCUT2D eigenvalue weighted by atomic mass is 16.4. The molecule has 30 heavy (non-hydrogen) atoms. The minimum absolute atomic E-state index is 0.0459. The van der Waals surface area contributed by atoms with Crippen molar-refractivity contribution in [2.45, 2.75) is 37.4 Å². The molecule has 0 aliphatic rings. The van der Waals surface area contributed by atoms with E-state index in [0.29, 0.717) is 12.0 Å². The number of aliphatic hydroxyl groups is 1. The lowest BCUT2D eigenvalue weighted by Gasteiger charge is -2.21. The number of nitrogens with one attached hydrogen (secondary N) is 2. The summed E-state index contributed by atoms with van der Waals surface area (Å²) in [7, 11) is 0. The molecule has 1 aromatic rings. The van der Waals surface area contributed by atoms with Gasteiger partial charge in [0.15, 0.2) is 5.96 Å². The molecule has 3 atom stereocenters. The molecule has 12 heteroatoms. The molecule has 11 N–H and O–H groups in total. The second kappa shape index (κ2) is 12.2. The number of guanidine groups is 1. The molecule has 0 fully saturated rings. The third-order valence-electron chi connectivity index (χ3n) is 4.10. The third-order valence-corrected chi connectivity index (χ3v) is 4.10. The van der Waals surface area contributed by atoms with Crippen molar-refractivity contribution in [3.8, 4) is 5.75 Å². The zero-order chi connectivity index (χ0) is 22.7. The molecule has 0 bridgehead atoms. The van der Waals surface area contributed by atoms with Gasteiger partial charge in [0.05, 0.1) is 12.6 Å². The Kier molecular flexibility index (Phi) is 10.1. The average Bonchev–Trinajstić information content (AvgIpc) is 2.69. The van der Waals surface area contributed by atoms with E-state index in [2.05, 4.69) is 15.6 Å². The van der Waals surface area contributed by atoms with Gasteiger partial charge < -0.3 is 43.2 Å². The molecule has 0 aromatic heterocycles. The summed E-state index contributed by atoms with van der Waals surface area (Å²) >= 11 is 0. The number of aliphatic hydroxyl groups excluding tert-OH is 1. The van der Waals surface area contributed by atoms with Gasteiger partial charge in [-0.2, -0.15) is 0 Å². The van der Waals surface area contributed by atoms with Crippen molar-refractivity contribution in [3.05, 3.63) is 29.8 Å². The van der Waals surface area contributed by atoms with Crippen LogP contribution in [-0.4, -0.2) is 70.3 Å². The SMILES string of the molecule is NC(N)=NCCC[C@H](NC(=O)[C@H](CO)NC(=O)[C@@H](N)Cc1ccc(O)cc1)C(=O)O. The predicted octanol–water partition coefficient (Wildman–Crippen LogP) is -2.64. The number of hydrogen-bond acceptors (Lipinski definition) is 7. The first-order chi connectivity index (χ1) is 14.1. The molecule has 166 valence electrons. The van der Waals surface area contributed by atoms with E-state index >= 15 is 0 Å². The number of carboxylic acids is 1. The number of rotatable bonds is 12. The molecule has 0 saturated heterocycles. The minimum Gasteiger partial charge on any atom is -0.508 e. The number of aromatic hydroxyl groups is 1. The second-order valence-corrected chi connectivity index (χ2v) is 6.57. The molecule has 0 heterocycles. The van der Waals surface area contributed by atoms with Gasteiger partial charge in [0.2, 0.25) is 11.8 Å². The molecule has 12 nitrogen and oxygen atoms in total. The maximum absolute atomic E-state index is 12.3. The van der Waals surface area contributed by atoms with Gasteiger partial charge in [-0.3, -0.25) is 14.6 Å². The molecule has 0 aliphatic carbocycles. The quantitative estimate of drug-likeness (QED) is 0.0995. The average molecular weight is 424 g/mol. The number of carbonyl (C=O) groups is 3. The van der Waals surface area contributed by atoms with E-state index in [9.17, 15) is 29.7 Å². The van der Waals surface area contributed by atoms with Crippen LogP contribution in [0.25, 0.3) is 0 Å². The molecule has 0 saturated carbocycles. The fourth-order valence-electron chi connectivity index (χ4n) is 2.48. The van der Waals surface area contributed by atoms with Crippen molar-refractivity contribution >= 4 is 23.7 Å². The molecule has 0 aliphatic heterocycles. The van der Waals surface area contributed by atoms with E-state index in [1.807, 2.05) is 0 Å². The maximum atomic E-state index is 12.3. The Morgan fingerprint density at radius 1 is 1.03 bits per heavy atom. The summed E-state index contributed by atoms with van der Waals surface area (Å²) in [5, 5.41) is 32.5. The number of carboxylic acid groups (broad SMARTS) is 1. The molecule has 0 unspecified atom stereocenters. The van der Waals surface area contributed by atoms with Gasteiger partial charge in [-0.25, -0.2) is 4.79 Å². The Balaban J connectivity index is 2.62. The highest BCUT2D eigenvalue weighted by Crippen LogP contribution is 2.11. The number of nitrogens with two attached hydrogens (primary N) is 3. The van der Waals surface area contributed by atoms with E-state index in [1.165, 1.54) is 12.1 Å². The lowest BCUT2D eigenvalue weighted by Crippen LogP contribution is -2.56. The van der Waals surface area contributed by atoms with Gasteiger partial charge in [-0.1, -0.05) is 12.1 Å². The Labute approximate surface area is 173 Å². The lowest BCUT2D eigenvalue weighted by atomic mass is 10.1. The third kappa shape index (κ3) is 8.75. The van der Waals surface area contributed by atoms with Gasteiger partial charge in [-0.05, 0) is 37.0 Å². The summed E-state index contributed by atoms with van der Waals surface area (Å²) < 4.78 is 0. The van der Waals surface area contributed by atoms with Crippen molar-refractivity contribution in [2.75, 3.05) is 13.2 Å². The van der Waals surface area contributed by atoms with Crippen molar-refractivity contribution in [1.29, 1.82) is 0 Å². The van der Waals surface area contributed by atoms with Crippen LogP contribution in [0.2, 0.25) is 0 Å². The van der Waals surface area contributed by atoms with Crippen molar-refractivity contribution in [1.82, 2.24) is 10.6 Å². The van der Waals surface area contributed by atoms with Gasteiger partial charge in [-0.15, -0.1) is 0 Å². The number of benzene rings is 1. The van der Waals surface area contributed by atoms with Crippen LogP contribution < -0.4 is 27.8 Å². The zero-order valence-electron chi connectivity index (χ0n) is 16.3. The monoisotopic (exact) mass is 424 g/mol. The van der Waals surface area contributed by atoms with Crippen LogP contribution in [0.1, 0.15) is 18.4 Å². The Morgan fingerprint density at radius 3 is 2.17 bits per heavy atom. The highest BCUT2D eigenvalue weighted by Gasteiger charge is 2.27. The zero-order valence-corrected chi connectivity index (χ0v) is 16.3. The molecular formula is C18H28N6O6. The molecule has 1 aromatic carbocycles. The van der Waals surface area contributed by atoms with E-state index in [4.69, 9.17) is 17.2 Å². The number of phenols is 1. The summed E-state index contributed by atoms with van der Waals surface area (Å²) in [6.45, 7) is -0.557. The Morgan fingerprint density at radius 2 is 1.63 bits per heavy atom. The Hall–Kier alpha value is -3.38. The van der Waals surface area contributed by atoms with Crippen LogP contribution in [-0.2, 0) is 20.8 Å². The molecule has 0 spiro atoms. The summed E-state index contributed by atoms with van der Waals surface area (Å²) in [5.74, 6) is -2.90. The number of carbonyl (C=O) groups excluding carboxylic acids is 2. The predicted molar refractivity (Wildman–Crippen MR) is 108 cm³/mol. The van der Waals surface area contributed by atoms with Gasteiger partial charge in [0, 0.05) is 6.54 Å². The van der Waals surface area contributed by atoms with E-state index < -0.39 is 42.5 Å². The summed E-state index contributed by atoms with van der Waals surface area (Å²) in [6, 6.07) is 2.45. The topological polar surface area (TPSA) is 226 Å². The van der Waals surface area contributed by atoms with Crippen molar-refractivity contribution < 1.29 is 29.7 Å². The second-order valence-electron chi connectivity index (χ2n) is 6.57. The van der Waals surface area contributed by atoms with E-state index in [-0.39, 0.29) is 31.1 Å². The fraction of sp³-hybridized carbons (Fsp3) is 0.444. The van der Waals surface area contributed by atoms with Gasteiger partial charge in [0.25, 0.3) is 0 Å². The molecular weight excluding hydrogens is 396 g/mol. The van der Waals surface area contributed by atoms with E-state index in [0.717, 1.165) is 0 Å². The smallest absolute Gasteiger partial charge is 0.326 e. The number of nitrogens with zero attached hydrogens (tertiary/aromatic N) is 1. The Bertz CT molecular complexity index is 750. The van der Waals surface area contributed by atoms with Crippen LogP contribution >= 0.6 is 0 Å². The number of amides is 2. The normalized spacial score (nSPS) is 13.5. The van der Waals surface area contributed by atoms with Crippen LogP contribution in [0.5, 0.6) is 5.75 Å². The van der Waals surface area contributed by atoms with Crippen LogP contribution in [0.15, 0.2) is 29.3 Å². The van der Waals surface area contributed by atoms with Gasteiger partial charge >= 0.3 is 5.97 Å². The lowest BCUT2D eigenvalue weighted by molar-refractivity contribution is -0.142. The molecule has 1 rings (SSSR count). The van der Waals surface area contributed by atoms with Crippen LogP contribution in [0, 0.1) is 0 Å².